The number of carbonyl (C=O) groups is 1. The molecular formula is C29H28N8O3. The monoisotopic (exact) mass is 536 g/mol. The summed E-state index contributed by atoms with van der Waals surface area (Å²) in [6.07, 6.45) is -0.689. The summed E-state index contributed by atoms with van der Waals surface area (Å²) in [5.74, 6) is 7.14. The topological polar surface area (TPSA) is 169 Å². The van der Waals surface area contributed by atoms with Crippen LogP contribution in [0.1, 0.15) is 27.0 Å². The van der Waals surface area contributed by atoms with Crippen molar-refractivity contribution in [3.8, 4) is 17.6 Å². The quantitative estimate of drug-likeness (QED) is 0.368. The Morgan fingerprint density at radius 1 is 1.12 bits per heavy atom. The van der Waals surface area contributed by atoms with E-state index in [1.54, 1.807) is 6.07 Å². The molecule has 0 saturated heterocycles. The molecule has 0 radical (unpaired) electrons. The van der Waals surface area contributed by atoms with Gasteiger partial charge in [0.05, 0.1) is 29.5 Å². The van der Waals surface area contributed by atoms with Crippen LogP contribution >= 0.6 is 0 Å². The summed E-state index contributed by atoms with van der Waals surface area (Å²) in [6.45, 7) is 1.58. The first-order valence-electron chi connectivity index (χ1n) is 12.5. The number of nitriles is 1. The van der Waals surface area contributed by atoms with Gasteiger partial charge in [0.25, 0.3) is 12.3 Å². The van der Waals surface area contributed by atoms with Gasteiger partial charge >= 0.3 is 0 Å². The van der Waals surface area contributed by atoms with E-state index >= 15 is 0 Å². The van der Waals surface area contributed by atoms with Gasteiger partial charge < -0.3 is 25.8 Å². The molecule has 0 aliphatic carbocycles. The maximum absolute atomic E-state index is 12.1. The van der Waals surface area contributed by atoms with Gasteiger partial charge in [-0.3, -0.25) is 9.79 Å². The van der Waals surface area contributed by atoms with Crippen LogP contribution in [0.15, 0.2) is 94.4 Å². The van der Waals surface area contributed by atoms with Crippen LogP contribution in [0, 0.1) is 11.3 Å². The Hall–Kier alpha value is -5.34. The molecule has 1 amide bonds. The molecule has 0 saturated carbocycles. The molecule has 5 rings (SSSR count). The third-order valence-corrected chi connectivity index (χ3v) is 6.47. The fourth-order valence-corrected chi connectivity index (χ4v) is 4.41. The van der Waals surface area contributed by atoms with Crippen LogP contribution in [-0.2, 0) is 6.42 Å². The van der Waals surface area contributed by atoms with E-state index < -0.39 is 12.3 Å². The lowest BCUT2D eigenvalue weighted by Crippen LogP contribution is -2.49. The Bertz CT molecular complexity index is 1580. The maximum atomic E-state index is 12.1. The summed E-state index contributed by atoms with van der Waals surface area (Å²) in [6, 6.07) is 23.4. The fraction of sp³-hybridized carbons (Fsp3) is 0.172. The highest BCUT2D eigenvalue weighted by atomic mass is 16.5. The molecule has 0 spiro atoms. The number of carbonyl (C=O) groups excluding carboxylic acids is 1. The molecule has 11 heteroatoms. The van der Waals surface area contributed by atoms with Crippen molar-refractivity contribution in [2.45, 2.75) is 12.8 Å². The Kier molecular flexibility index (Phi) is 7.35. The first-order valence-corrected chi connectivity index (χ1v) is 12.5. The van der Waals surface area contributed by atoms with Crippen LogP contribution in [0.4, 0.5) is 0 Å². The average molecular weight is 537 g/mol. The van der Waals surface area contributed by atoms with E-state index in [1.807, 2.05) is 61.6 Å². The summed E-state index contributed by atoms with van der Waals surface area (Å²) in [7, 11) is 1.99. The number of hydrazine groups is 1. The standard InChI is InChI=1S/C29H28N8O3/c1-36-13-12-34-27(36)20-8-5-9-21(16-20)39-29-35-23(14-18-6-3-2-4-7-18)25(31)28(37(29)33)40-24-15-19(17-30)10-11-22(24)26(32)38/h2-11,15-16,29H,12-14,31,33H2,1H3,(H2,32,38). The van der Waals surface area contributed by atoms with Gasteiger partial charge in [-0.05, 0) is 35.9 Å². The minimum absolute atomic E-state index is 0.000392. The van der Waals surface area contributed by atoms with E-state index in [4.69, 9.17) is 31.8 Å². The lowest BCUT2D eigenvalue weighted by molar-refractivity contribution is 0.0225. The van der Waals surface area contributed by atoms with Crippen LogP contribution in [0.3, 0.4) is 0 Å². The van der Waals surface area contributed by atoms with E-state index in [-0.39, 0.29) is 28.5 Å². The third-order valence-electron chi connectivity index (χ3n) is 6.47. The van der Waals surface area contributed by atoms with Crippen LogP contribution in [0.2, 0.25) is 0 Å². The predicted octanol–water partition coefficient (Wildman–Crippen LogP) is 2.09. The van der Waals surface area contributed by atoms with E-state index in [9.17, 15) is 10.1 Å². The molecule has 0 bridgehead atoms. The largest absolute Gasteiger partial charge is 0.449 e. The number of benzene rings is 3. The van der Waals surface area contributed by atoms with Gasteiger partial charge in [-0.25, -0.2) is 15.8 Å². The zero-order valence-corrected chi connectivity index (χ0v) is 21.8. The lowest BCUT2D eigenvalue weighted by atomic mass is 10.1. The molecular weight excluding hydrogens is 508 g/mol. The normalized spacial score (nSPS) is 16.8. The van der Waals surface area contributed by atoms with Crippen molar-refractivity contribution in [1.82, 2.24) is 9.91 Å². The molecule has 1 atom stereocenters. The highest BCUT2D eigenvalue weighted by molar-refractivity contribution is 6.02. The van der Waals surface area contributed by atoms with E-state index in [2.05, 4.69) is 9.89 Å². The molecule has 40 heavy (non-hydrogen) atoms. The molecule has 6 N–H and O–H groups in total. The van der Waals surface area contributed by atoms with Crippen LogP contribution in [-0.4, -0.2) is 53.9 Å². The van der Waals surface area contributed by atoms with Gasteiger partial charge in [0.2, 0.25) is 5.88 Å². The Morgan fingerprint density at radius 2 is 1.93 bits per heavy atom. The minimum Gasteiger partial charge on any atom is -0.449 e. The van der Waals surface area contributed by atoms with Crippen LogP contribution < -0.4 is 26.8 Å². The average Bonchev–Trinajstić information content (AvgIpc) is 3.40. The number of ether oxygens (including phenoxy) is 2. The van der Waals surface area contributed by atoms with Crippen molar-refractivity contribution in [3.63, 3.8) is 0 Å². The Labute approximate surface area is 231 Å². The molecule has 3 aromatic carbocycles. The molecule has 0 aromatic heterocycles. The number of amides is 1. The molecule has 202 valence electrons. The zero-order valence-electron chi connectivity index (χ0n) is 21.8. The molecule has 0 fully saturated rings. The molecule has 2 aliphatic heterocycles. The first-order chi connectivity index (χ1) is 19.3. The molecule has 1 unspecified atom stereocenters. The second-order valence-electron chi connectivity index (χ2n) is 9.25. The number of hydrogen-bond donors (Lipinski definition) is 3. The van der Waals surface area contributed by atoms with Crippen molar-refractivity contribution < 1.29 is 14.3 Å². The summed E-state index contributed by atoms with van der Waals surface area (Å²) >= 11 is 0. The van der Waals surface area contributed by atoms with E-state index in [0.717, 1.165) is 35.1 Å². The van der Waals surface area contributed by atoms with Crippen molar-refractivity contribution in [2.75, 3.05) is 20.1 Å². The number of nitrogens with two attached hydrogens (primary N) is 3. The van der Waals surface area contributed by atoms with Crippen LogP contribution in [0.25, 0.3) is 0 Å². The van der Waals surface area contributed by atoms with Gasteiger partial charge in [0.15, 0.2) is 0 Å². The number of aliphatic imine (C=N–C) groups is 2. The number of amidine groups is 1. The number of likely N-dealkylation sites (N-methyl/N-ethyl adjacent to an activating group) is 1. The maximum Gasteiger partial charge on any atom is 0.286 e. The minimum atomic E-state index is -1.06. The number of rotatable bonds is 8. The molecule has 3 aromatic rings. The first kappa shape index (κ1) is 26.3. The van der Waals surface area contributed by atoms with Gasteiger partial charge in [0, 0.05) is 25.6 Å². The Balaban J connectivity index is 1.51. The van der Waals surface area contributed by atoms with Crippen molar-refractivity contribution in [3.05, 3.63) is 107 Å². The fourth-order valence-electron chi connectivity index (χ4n) is 4.41. The van der Waals surface area contributed by atoms with Crippen molar-refractivity contribution in [2.24, 2.45) is 27.3 Å². The van der Waals surface area contributed by atoms with Gasteiger partial charge in [-0.2, -0.15) is 5.26 Å². The van der Waals surface area contributed by atoms with Gasteiger partial charge in [-0.15, -0.1) is 0 Å². The lowest BCUT2D eigenvalue weighted by Gasteiger charge is -2.33. The third kappa shape index (κ3) is 5.43. The van der Waals surface area contributed by atoms with E-state index in [0.29, 0.717) is 17.9 Å². The second kappa shape index (κ2) is 11.2. The van der Waals surface area contributed by atoms with E-state index in [1.165, 1.54) is 18.2 Å². The Morgan fingerprint density at radius 3 is 2.62 bits per heavy atom. The predicted molar refractivity (Wildman–Crippen MR) is 150 cm³/mol. The van der Waals surface area contributed by atoms with Crippen molar-refractivity contribution in [1.29, 1.82) is 5.26 Å². The smallest absolute Gasteiger partial charge is 0.286 e. The van der Waals surface area contributed by atoms with Gasteiger partial charge in [-0.1, -0.05) is 42.5 Å². The van der Waals surface area contributed by atoms with Crippen molar-refractivity contribution >= 4 is 17.5 Å². The molecule has 2 heterocycles. The van der Waals surface area contributed by atoms with Gasteiger partial charge in [0.1, 0.15) is 23.0 Å². The highest BCUT2D eigenvalue weighted by Crippen LogP contribution is 2.28. The zero-order chi connectivity index (χ0) is 28.2. The number of nitrogens with zero attached hydrogens (tertiary/aromatic N) is 5. The summed E-state index contributed by atoms with van der Waals surface area (Å²) < 4.78 is 12.3. The molecule has 11 nitrogen and oxygen atoms in total. The molecule has 2 aliphatic rings. The van der Waals surface area contributed by atoms with Crippen LogP contribution in [0.5, 0.6) is 11.5 Å². The SMILES string of the molecule is CN1CCN=C1c1cccc(OC2N=C(Cc3ccccc3)C(N)=C(Oc3cc(C#N)ccc3C(N)=O)N2N)c1. The second-order valence-corrected chi connectivity index (χ2v) is 9.25. The number of allylic oxidation sites excluding steroid dienone is 1. The number of hydrogen-bond acceptors (Lipinski definition) is 10. The number of primary amides is 1. The summed E-state index contributed by atoms with van der Waals surface area (Å²) in [4.78, 5) is 23.5. The summed E-state index contributed by atoms with van der Waals surface area (Å²) in [5.41, 5.74) is 14.9. The summed E-state index contributed by atoms with van der Waals surface area (Å²) in [5, 5.41) is 10.5. The highest BCUT2D eigenvalue weighted by Gasteiger charge is 2.32.